The lowest BCUT2D eigenvalue weighted by molar-refractivity contribution is -0.115. The summed E-state index contributed by atoms with van der Waals surface area (Å²) in [4.78, 5) is 11.8. The zero-order valence-electron chi connectivity index (χ0n) is 10.2. The monoisotopic (exact) mass is 214 g/mol. The van der Waals surface area contributed by atoms with E-state index in [1.807, 2.05) is 25.1 Å². The summed E-state index contributed by atoms with van der Waals surface area (Å²) in [6, 6.07) is 10.4. The molecule has 0 saturated heterocycles. The zero-order valence-corrected chi connectivity index (χ0v) is 10.2. The van der Waals surface area contributed by atoms with Gasteiger partial charge in [0.2, 0.25) is 0 Å². The van der Waals surface area contributed by atoms with Gasteiger partial charge >= 0.3 is 0 Å². The van der Waals surface area contributed by atoms with E-state index in [9.17, 15) is 4.79 Å². The Bertz CT molecular complexity index is 426. The Morgan fingerprint density at radius 1 is 1.19 bits per heavy atom. The number of benzene rings is 1. The summed E-state index contributed by atoms with van der Waals surface area (Å²) in [6.45, 7) is 6.32. The summed E-state index contributed by atoms with van der Waals surface area (Å²) in [5.74, 6) is 1.09. The highest BCUT2D eigenvalue weighted by molar-refractivity contribution is 5.99. The number of ketones is 1. The summed E-state index contributed by atoms with van der Waals surface area (Å²) in [5, 5.41) is 0. The number of allylic oxidation sites excluding steroid dienone is 2. The largest absolute Gasteiger partial charge is 0.295 e. The molecule has 0 spiro atoms. The Morgan fingerprint density at radius 2 is 1.81 bits per heavy atom. The maximum absolute atomic E-state index is 11.8. The van der Waals surface area contributed by atoms with Crippen LogP contribution in [0.15, 0.2) is 41.5 Å². The molecule has 0 bridgehead atoms. The van der Waals surface area contributed by atoms with Crippen molar-refractivity contribution in [3.8, 4) is 0 Å². The Hall–Kier alpha value is -1.37. The lowest BCUT2D eigenvalue weighted by Gasteiger charge is -2.18. The van der Waals surface area contributed by atoms with E-state index in [2.05, 4.69) is 26.0 Å². The number of hydrogen-bond donors (Lipinski definition) is 0. The summed E-state index contributed by atoms with van der Waals surface area (Å²) < 4.78 is 0. The van der Waals surface area contributed by atoms with Crippen LogP contribution in [0, 0.1) is 5.92 Å². The molecular formula is C15H18O. The average Bonchev–Trinajstić information content (AvgIpc) is 2.57. The molecule has 1 unspecified atom stereocenters. The highest BCUT2D eigenvalue weighted by Gasteiger charge is 2.31. The first-order valence-corrected chi connectivity index (χ1v) is 5.90. The molecule has 1 nitrogen and oxygen atoms in total. The Labute approximate surface area is 97.2 Å². The average molecular weight is 214 g/mol. The highest BCUT2D eigenvalue weighted by atomic mass is 16.1. The fraction of sp³-hybridized carbons (Fsp3) is 0.400. The van der Waals surface area contributed by atoms with Crippen molar-refractivity contribution in [1.82, 2.24) is 0 Å². The van der Waals surface area contributed by atoms with Crippen molar-refractivity contribution >= 4 is 5.78 Å². The van der Waals surface area contributed by atoms with Crippen LogP contribution in [0.3, 0.4) is 0 Å². The number of hydrogen-bond acceptors (Lipinski definition) is 1. The highest BCUT2D eigenvalue weighted by Crippen LogP contribution is 2.40. The maximum Gasteiger partial charge on any atom is 0.159 e. The van der Waals surface area contributed by atoms with E-state index in [-0.39, 0.29) is 0 Å². The van der Waals surface area contributed by atoms with Gasteiger partial charge in [-0.2, -0.15) is 0 Å². The second-order valence-corrected chi connectivity index (χ2v) is 4.83. The lowest BCUT2D eigenvalue weighted by atomic mass is 9.86. The fourth-order valence-electron chi connectivity index (χ4n) is 2.69. The second kappa shape index (κ2) is 4.25. The minimum absolute atomic E-state index is 0.314. The summed E-state index contributed by atoms with van der Waals surface area (Å²) in [7, 11) is 0. The maximum atomic E-state index is 11.8. The lowest BCUT2D eigenvalue weighted by Crippen LogP contribution is -2.04. The molecule has 2 rings (SSSR count). The number of Topliss-reactive ketones (excluding diaryl/α,β-unsaturated/α-hetero) is 1. The molecular weight excluding hydrogens is 196 g/mol. The summed E-state index contributed by atoms with van der Waals surface area (Å²) in [5.41, 5.74) is 3.59. The van der Waals surface area contributed by atoms with Gasteiger partial charge in [-0.3, -0.25) is 4.79 Å². The molecule has 0 aromatic heterocycles. The molecule has 0 fully saturated rings. The smallest absolute Gasteiger partial charge is 0.159 e. The van der Waals surface area contributed by atoms with E-state index >= 15 is 0 Å². The van der Waals surface area contributed by atoms with E-state index < -0.39 is 0 Å². The normalized spacial score (nSPS) is 21.0. The number of carbonyl (C=O) groups excluding carboxylic acids is 1. The van der Waals surface area contributed by atoms with Crippen molar-refractivity contribution in [3.63, 3.8) is 0 Å². The van der Waals surface area contributed by atoms with Crippen molar-refractivity contribution in [2.24, 2.45) is 5.92 Å². The molecule has 16 heavy (non-hydrogen) atoms. The van der Waals surface area contributed by atoms with Crippen molar-refractivity contribution in [2.45, 2.75) is 33.1 Å². The predicted molar refractivity (Wildman–Crippen MR) is 66.3 cm³/mol. The molecule has 0 N–H and O–H groups in total. The Kier molecular flexibility index (Phi) is 2.95. The third-order valence-corrected chi connectivity index (χ3v) is 3.44. The van der Waals surface area contributed by atoms with Crippen molar-refractivity contribution < 1.29 is 4.79 Å². The van der Waals surface area contributed by atoms with E-state index in [1.54, 1.807) is 0 Å². The van der Waals surface area contributed by atoms with E-state index in [4.69, 9.17) is 0 Å². The van der Waals surface area contributed by atoms with Gasteiger partial charge in [-0.15, -0.1) is 0 Å². The zero-order chi connectivity index (χ0) is 11.7. The third-order valence-electron chi connectivity index (χ3n) is 3.44. The van der Waals surface area contributed by atoms with Gasteiger partial charge in [0.1, 0.15) is 0 Å². The van der Waals surface area contributed by atoms with Crippen molar-refractivity contribution in [2.75, 3.05) is 0 Å². The molecule has 1 heteroatoms. The molecule has 1 aromatic carbocycles. The van der Waals surface area contributed by atoms with Crippen LogP contribution in [0.25, 0.3) is 0 Å². The predicted octanol–water partition coefficient (Wildman–Crippen LogP) is 3.72. The quantitative estimate of drug-likeness (QED) is 0.733. The van der Waals surface area contributed by atoms with Gasteiger partial charge in [0.25, 0.3) is 0 Å². The van der Waals surface area contributed by atoms with Gasteiger partial charge in [-0.05, 0) is 24.0 Å². The Balaban J connectivity index is 2.41. The second-order valence-electron chi connectivity index (χ2n) is 4.83. The van der Waals surface area contributed by atoms with E-state index in [0.29, 0.717) is 24.0 Å². The van der Waals surface area contributed by atoms with Crippen LogP contribution >= 0.6 is 0 Å². The molecule has 1 aromatic rings. The molecule has 0 radical (unpaired) electrons. The van der Waals surface area contributed by atoms with Crippen molar-refractivity contribution in [1.29, 1.82) is 0 Å². The molecule has 0 saturated carbocycles. The minimum Gasteiger partial charge on any atom is -0.295 e. The summed E-state index contributed by atoms with van der Waals surface area (Å²) in [6.07, 6.45) is 0.656. The van der Waals surface area contributed by atoms with Crippen LogP contribution in [0.2, 0.25) is 0 Å². The van der Waals surface area contributed by atoms with Crippen LogP contribution in [0.1, 0.15) is 38.7 Å². The van der Waals surface area contributed by atoms with Crippen LogP contribution in [-0.4, -0.2) is 5.78 Å². The molecule has 0 amide bonds. The molecule has 0 heterocycles. The topological polar surface area (TPSA) is 17.1 Å². The number of rotatable bonds is 2. The molecule has 84 valence electrons. The first-order valence-electron chi connectivity index (χ1n) is 5.90. The first kappa shape index (κ1) is 11.1. The van der Waals surface area contributed by atoms with Gasteiger partial charge in [0.05, 0.1) is 0 Å². The minimum atomic E-state index is 0.314. The van der Waals surface area contributed by atoms with Crippen molar-refractivity contribution in [3.05, 3.63) is 47.0 Å². The first-order chi connectivity index (χ1) is 7.61. The van der Waals surface area contributed by atoms with Crippen LogP contribution in [-0.2, 0) is 4.79 Å². The Morgan fingerprint density at radius 3 is 2.38 bits per heavy atom. The van der Waals surface area contributed by atoms with Gasteiger partial charge in [-0.25, -0.2) is 0 Å². The molecule has 1 aliphatic carbocycles. The number of carbonyl (C=O) groups is 1. The van der Waals surface area contributed by atoms with E-state index in [1.165, 1.54) is 11.1 Å². The summed E-state index contributed by atoms with van der Waals surface area (Å²) >= 11 is 0. The fourth-order valence-corrected chi connectivity index (χ4v) is 2.69. The SMILES string of the molecule is CC1=C(C(C)C)C(c2ccccc2)CC1=O. The van der Waals surface area contributed by atoms with Gasteiger partial charge in [0.15, 0.2) is 5.78 Å². The van der Waals surface area contributed by atoms with E-state index in [0.717, 1.165) is 5.57 Å². The molecule has 0 aliphatic heterocycles. The molecule has 1 aliphatic rings. The standard InChI is InChI=1S/C15H18O/c1-10(2)15-11(3)14(16)9-13(15)12-7-5-4-6-8-12/h4-8,10,13H,9H2,1-3H3. The molecule has 1 atom stereocenters. The van der Waals surface area contributed by atoms with Crippen LogP contribution < -0.4 is 0 Å². The van der Waals surface area contributed by atoms with Gasteiger partial charge in [-0.1, -0.05) is 49.8 Å². The van der Waals surface area contributed by atoms with Gasteiger partial charge < -0.3 is 0 Å². The van der Waals surface area contributed by atoms with Crippen LogP contribution in [0.5, 0.6) is 0 Å². The third kappa shape index (κ3) is 1.82. The van der Waals surface area contributed by atoms with Gasteiger partial charge in [0, 0.05) is 12.3 Å². The van der Waals surface area contributed by atoms with Crippen LogP contribution in [0.4, 0.5) is 0 Å².